The molecule has 3 rings (SSSR count). The van der Waals surface area contributed by atoms with Crippen LogP contribution in [0.5, 0.6) is 0 Å². The third-order valence-corrected chi connectivity index (χ3v) is 3.73. The van der Waals surface area contributed by atoms with Gasteiger partial charge in [0.1, 0.15) is 16.8 Å². The number of carbonyl (C=O) groups is 1. The molecule has 5 heteroatoms. The van der Waals surface area contributed by atoms with Gasteiger partial charge in [0, 0.05) is 29.5 Å². The number of hydrogen-bond donors (Lipinski definition) is 2. The average molecular weight is 340 g/mol. The van der Waals surface area contributed by atoms with E-state index >= 15 is 0 Å². The molecule has 0 saturated heterocycles. The maximum Gasteiger partial charge on any atom is 0.407 e. The van der Waals surface area contributed by atoms with Gasteiger partial charge >= 0.3 is 6.09 Å². The van der Waals surface area contributed by atoms with Gasteiger partial charge in [-0.25, -0.2) is 4.79 Å². The quantitative estimate of drug-likeness (QED) is 0.648. The van der Waals surface area contributed by atoms with Crippen molar-refractivity contribution in [2.24, 2.45) is 0 Å². The second-order valence-corrected chi connectivity index (χ2v) is 7.02. The van der Waals surface area contributed by atoms with Crippen LogP contribution < -0.4 is 10.6 Å². The molecule has 3 aromatic rings. The summed E-state index contributed by atoms with van der Waals surface area (Å²) < 4.78 is 11.0. The highest BCUT2D eigenvalue weighted by Gasteiger charge is 2.15. The zero-order chi connectivity index (χ0) is 17.9. The van der Waals surface area contributed by atoms with Gasteiger partial charge in [0.2, 0.25) is 0 Å². The molecule has 0 unspecified atom stereocenters. The molecule has 0 saturated carbocycles. The van der Waals surface area contributed by atoms with Gasteiger partial charge in [-0.05, 0) is 51.5 Å². The van der Waals surface area contributed by atoms with Crippen molar-refractivity contribution in [3.8, 4) is 0 Å². The molecule has 132 valence electrons. The van der Waals surface area contributed by atoms with E-state index in [9.17, 15) is 4.79 Å². The van der Waals surface area contributed by atoms with Gasteiger partial charge < -0.3 is 19.8 Å². The Morgan fingerprint density at radius 3 is 2.60 bits per heavy atom. The molecule has 0 aliphatic heterocycles. The van der Waals surface area contributed by atoms with Crippen molar-refractivity contribution in [3.63, 3.8) is 0 Å². The number of nitrogens with one attached hydrogen (secondary N) is 2. The fraction of sp³-hybridized carbons (Fsp3) is 0.350. The number of anilines is 1. The van der Waals surface area contributed by atoms with E-state index in [0.717, 1.165) is 40.6 Å². The Morgan fingerprint density at radius 1 is 1.04 bits per heavy atom. The summed E-state index contributed by atoms with van der Waals surface area (Å²) in [5, 5.41) is 8.36. The molecule has 0 spiro atoms. The summed E-state index contributed by atoms with van der Waals surface area (Å²) in [6.45, 7) is 6.88. The van der Waals surface area contributed by atoms with Crippen LogP contribution in [0.25, 0.3) is 21.9 Å². The maximum absolute atomic E-state index is 11.6. The topological polar surface area (TPSA) is 63.5 Å². The van der Waals surface area contributed by atoms with Crippen molar-refractivity contribution < 1.29 is 13.9 Å². The fourth-order valence-corrected chi connectivity index (χ4v) is 2.66. The van der Waals surface area contributed by atoms with Crippen LogP contribution in [0.3, 0.4) is 0 Å². The van der Waals surface area contributed by atoms with Crippen LogP contribution in [0.4, 0.5) is 10.5 Å². The third kappa shape index (κ3) is 4.44. The first-order chi connectivity index (χ1) is 11.9. The van der Waals surface area contributed by atoms with E-state index in [4.69, 9.17) is 9.15 Å². The minimum Gasteiger partial charge on any atom is -0.456 e. The molecule has 5 nitrogen and oxygen atoms in total. The number of rotatable bonds is 5. The van der Waals surface area contributed by atoms with Crippen LogP contribution in [-0.4, -0.2) is 24.8 Å². The highest BCUT2D eigenvalue weighted by Crippen LogP contribution is 2.30. The van der Waals surface area contributed by atoms with E-state index in [2.05, 4.69) is 22.8 Å². The molecule has 0 aliphatic carbocycles. The average Bonchev–Trinajstić information content (AvgIpc) is 2.91. The molecule has 0 radical (unpaired) electrons. The minimum atomic E-state index is -0.467. The first kappa shape index (κ1) is 17.1. The second-order valence-electron chi connectivity index (χ2n) is 7.02. The number of amides is 1. The lowest BCUT2D eigenvalue weighted by molar-refractivity contribution is 0.0528. The zero-order valence-corrected chi connectivity index (χ0v) is 14.9. The number of ether oxygens (including phenoxy) is 1. The second kappa shape index (κ2) is 7.05. The normalized spacial score (nSPS) is 11.6. The number of fused-ring (bicyclic) bond motifs is 3. The third-order valence-electron chi connectivity index (χ3n) is 3.73. The van der Waals surface area contributed by atoms with Gasteiger partial charge in [0.25, 0.3) is 0 Å². The Morgan fingerprint density at radius 2 is 1.80 bits per heavy atom. The van der Waals surface area contributed by atoms with E-state index in [1.807, 2.05) is 51.1 Å². The molecule has 0 atom stereocenters. The molecule has 2 N–H and O–H groups in total. The standard InChI is InChI=1S/C20H24N2O3/c1-20(2,3)25-19(23)22-12-6-11-21-14-9-10-18-16(13-14)15-7-4-5-8-17(15)24-18/h4-5,7-10,13,21H,6,11-12H2,1-3H3,(H,22,23). The molecular weight excluding hydrogens is 316 g/mol. The lowest BCUT2D eigenvalue weighted by atomic mass is 10.1. The molecule has 0 fully saturated rings. The van der Waals surface area contributed by atoms with Gasteiger partial charge in [-0.1, -0.05) is 18.2 Å². The minimum absolute atomic E-state index is 0.376. The number of para-hydroxylation sites is 1. The van der Waals surface area contributed by atoms with Gasteiger partial charge in [-0.3, -0.25) is 0 Å². The lowest BCUT2D eigenvalue weighted by Crippen LogP contribution is -2.33. The summed E-state index contributed by atoms with van der Waals surface area (Å²) in [6.07, 6.45) is 0.433. The SMILES string of the molecule is CC(C)(C)OC(=O)NCCCNc1ccc2oc3ccccc3c2c1. The monoisotopic (exact) mass is 340 g/mol. The molecule has 25 heavy (non-hydrogen) atoms. The van der Waals surface area contributed by atoms with Crippen LogP contribution >= 0.6 is 0 Å². The van der Waals surface area contributed by atoms with Gasteiger partial charge in [-0.15, -0.1) is 0 Å². The molecule has 0 aliphatic rings. The van der Waals surface area contributed by atoms with Crippen molar-refractivity contribution >= 4 is 33.7 Å². The first-order valence-electron chi connectivity index (χ1n) is 8.54. The Kier molecular flexibility index (Phi) is 4.83. The zero-order valence-electron chi connectivity index (χ0n) is 14.9. The number of benzene rings is 2. The number of furan rings is 1. The smallest absolute Gasteiger partial charge is 0.407 e. The summed E-state index contributed by atoms with van der Waals surface area (Å²) >= 11 is 0. The Bertz CT molecular complexity index is 877. The van der Waals surface area contributed by atoms with Crippen LogP contribution in [0.15, 0.2) is 46.9 Å². The summed E-state index contributed by atoms with van der Waals surface area (Å²) in [4.78, 5) is 11.6. The Hall–Kier alpha value is -2.69. The van der Waals surface area contributed by atoms with E-state index in [0.29, 0.717) is 6.54 Å². The molecule has 0 bridgehead atoms. The van der Waals surface area contributed by atoms with Gasteiger partial charge in [0.15, 0.2) is 0 Å². The highest BCUT2D eigenvalue weighted by molar-refractivity contribution is 6.05. The van der Waals surface area contributed by atoms with E-state index in [1.54, 1.807) is 0 Å². The Labute approximate surface area is 147 Å². The van der Waals surface area contributed by atoms with Gasteiger partial charge in [-0.2, -0.15) is 0 Å². The lowest BCUT2D eigenvalue weighted by Gasteiger charge is -2.19. The fourth-order valence-electron chi connectivity index (χ4n) is 2.66. The predicted molar refractivity (Wildman–Crippen MR) is 101 cm³/mol. The van der Waals surface area contributed by atoms with E-state index in [-0.39, 0.29) is 6.09 Å². The highest BCUT2D eigenvalue weighted by atomic mass is 16.6. The van der Waals surface area contributed by atoms with Crippen LogP contribution in [0.1, 0.15) is 27.2 Å². The van der Waals surface area contributed by atoms with Gasteiger partial charge in [0.05, 0.1) is 0 Å². The Balaban J connectivity index is 1.52. The summed E-state index contributed by atoms with van der Waals surface area (Å²) in [5.74, 6) is 0. The van der Waals surface area contributed by atoms with Crippen molar-refractivity contribution in [2.75, 3.05) is 18.4 Å². The van der Waals surface area contributed by atoms with Crippen LogP contribution in [-0.2, 0) is 4.74 Å². The van der Waals surface area contributed by atoms with E-state index in [1.165, 1.54) is 0 Å². The number of carbonyl (C=O) groups excluding carboxylic acids is 1. The largest absolute Gasteiger partial charge is 0.456 e. The molecular formula is C20H24N2O3. The van der Waals surface area contributed by atoms with Crippen molar-refractivity contribution in [2.45, 2.75) is 32.8 Å². The molecule has 2 aromatic carbocycles. The van der Waals surface area contributed by atoms with Crippen LogP contribution in [0.2, 0.25) is 0 Å². The predicted octanol–water partition coefficient (Wildman–Crippen LogP) is 4.91. The summed E-state index contributed by atoms with van der Waals surface area (Å²) in [6, 6.07) is 14.1. The summed E-state index contributed by atoms with van der Waals surface area (Å²) in [7, 11) is 0. The van der Waals surface area contributed by atoms with Crippen molar-refractivity contribution in [1.29, 1.82) is 0 Å². The molecule has 1 amide bonds. The summed E-state index contributed by atoms with van der Waals surface area (Å²) in [5.41, 5.74) is 2.36. The molecule has 1 heterocycles. The first-order valence-corrected chi connectivity index (χ1v) is 8.54. The van der Waals surface area contributed by atoms with Crippen molar-refractivity contribution in [1.82, 2.24) is 5.32 Å². The molecule has 1 aromatic heterocycles. The van der Waals surface area contributed by atoms with Crippen LogP contribution in [0, 0.1) is 0 Å². The van der Waals surface area contributed by atoms with Crippen molar-refractivity contribution in [3.05, 3.63) is 42.5 Å². The maximum atomic E-state index is 11.6. The van der Waals surface area contributed by atoms with E-state index < -0.39 is 5.60 Å². The number of hydrogen-bond acceptors (Lipinski definition) is 4. The number of alkyl carbamates (subject to hydrolysis) is 1.